The molecule has 0 fully saturated rings. The molecule has 1 heterocycles. The predicted molar refractivity (Wildman–Crippen MR) is 105 cm³/mol. The van der Waals surface area contributed by atoms with E-state index in [9.17, 15) is 0 Å². The number of nitrogens with zero attached hydrogens (tertiary/aromatic N) is 5. The van der Waals surface area contributed by atoms with Gasteiger partial charge < -0.3 is 4.90 Å². The molecule has 1 aromatic heterocycles. The summed E-state index contributed by atoms with van der Waals surface area (Å²) in [5, 5.41) is 12.3. The van der Waals surface area contributed by atoms with Crippen LogP contribution in [-0.2, 0) is 5.54 Å². The molecule has 5 nitrogen and oxygen atoms in total. The second-order valence-corrected chi connectivity index (χ2v) is 7.24. The number of rotatable bonds is 4. The molecule has 0 aliphatic rings. The Balaban J connectivity index is 0.000000504. The molecule has 0 bridgehead atoms. The van der Waals surface area contributed by atoms with E-state index in [2.05, 4.69) is 67.5 Å². The summed E-state index contributed by atoms with van der Waals surface area (Å²) in [6.07, 6.45) is 0. The quantitative estimate of drug-likeness (QED) is 0.619. The normalized spacial score (nSPS) is 11.3. The van der Waals surface area contributed by atoms with Gasteiger partial charge >= 0.3 is 23.1 Å². The third kappa shape index (κ3) is 7.84. The van der Waals surface area contributed by atoms with E-state index in [1.807, 2.05) is 45.0 Å². The van der Waals surface area contributed by atoms with Gasteiger partial charge in [-0.25, -0.2) is 0 Å². The molecule has 25 heavy (non-hydrogen) atoms. The van der Waals surface area contributed by atoms with Crippen molar-refractivity contribution in [2.24, 2.45) is 0 Å². The first kappa shape index (κ1) is 24.0. The summed E-state index contributed by atoms with van der Waals surface area (Å²) in [4.78, 5) is 3.95. The summed E-state index contributed by atoms with van der Waals surface area (Å²) in [5.74, 6) is 0.616. The van der Waals surface area contributed by atoms with Crippen molar-refractivity contribution in [2.45, 2.75) is 73.0 Å². The molecule has 1 aromatic carbocycles. The Hall–Kier alpha value is -0.984. The summed E-state index contributed by atoms with van der Waals surface area (Å²) >= 11 is 0. The maximum atomic E-state index is 4.31. The van der Waals surface area contributed by atoms with Crippen LogP contribution in [0.25, 0.3) is 11.4 Å². The SMILES string of the molecule is CC(C)(C)n1nnc(-c2[c-]cccc2)n1.C[CH-]N(C(C)C)C(C)C.[Mg+2]. The molecule has 0 saturated carbocycles. The number of aromatic nitrogens is 4. The van der Waals surface area contributed by atoms with Gasteiger partial charge in [0.2, 0.25) is 0 Å². The molecule has 0 N–H and O–H groups in total. The summed E-state index contributed by atoms with van der Waals surface area (Å²) in [7, 11) is 0. The van der Waals surface area contributed by atoms with Gasteiger partial charge in [-0.05, 0) is 32.9 Å². The van der Waals surface area contributed by atoms with Gasteiger partial charge in [0.15, 0.2) is 0 Å². The maximum Gasteiger partial charge on any atom is 2.00 e. The van der Waals surface area contributed by atoms with Crippen molar-refractivity contribution in [3.63, 3.8) is 0 Å². The molecule has 0 radical (unpaired) electrons. The van der Waals surface area contributed by atoms with Crippen molar-refractivity contribution in [2.75, 3.05) is 0 Å². The van der Waals surface area contributed by atoms with Gasteiger partial charge in [-0.3, -0.25) is 6.54 Å². The standard InChI is InChI=1S/C11H13N4.C8H18N.Mg/c1-11(2,3)15-13-10(12-14-15)9-7-5-4-6-8-9;1-6-9(7(2)3)8(4)5;/h4-7H,1-3H3;6-8H,1-5H3;/q2*-1;+2. The van der Waals surface area contributed by atoms with Gasteiger partial charge in [-0.1, -0.05) is 32.9 Å². The molecule has 2 aromatic rings. The van der Waals surface area contributed by atoms with Crippen LogP contribution in [0.4, 0.5) is 0 Å². The molecule has 0 atom stereocenters. The first-order valence-corrected chi connectivity index (χ1v) is 8.51. The summed E-state index contributed by atoms with van der Waals surface area (Å²) in [5.41, 5.74) is 0.730. The molecule has 6 heteroatoms. The van der Waals surface area contributed by atoms with Crippen molar-refractivity contribution >= 4 is 23.1 Å². The van der Waals surface area contributed by atoms with Crippen molar-refractivity contribution in [3.8, 4) is 11.4 Å². The van der Waals surface area contributed by atoms with Crippen LogP contribution < -0.4 is 0 Å². The zero-order valence-electron chi connectivity index (χ0n) is 17.0. The van der Waals surface area contributed by atoms with E-state index in [1.54, 1.807) is 4.80 Å². The van der Waals surface area contributed by atoms with E-state index < -0.39 is 0 Å². The Morgan fingerprint density at radius 2 is 1.72 bits per heavy atom. The van der Waals surface area contributed by atoms with Crippen LogP contribution in [0.3, 0.4) is 0 Å². The van der Waals surface area contributed by atoms with Gasteiger partial charge in [-0.2, -0.15) is 21.9 Å². The summed E-state index contributed by atoms with van der Waals surface area (Å²) in [6, 6.07) is 11.9. The van der Waals surface area contributed by atoms with Gasteiger partial charge in [0.05, 0.1) is 5.54 Å². The minimum atomic E-state index is -0.139. The first-order valence-electron chi connectivity index (χ1n) is 8.51. The minimum absolute atomic E-state index is 0. The molecule has 0 saturated heterocycles. The zero-order chi connectivity index (χ0) is 18.3. The van der Waals surface area contributed by atoms with Crippen LogP contribution in [0, 0.1) is 12.6 Å². The van der Waals surface area contributed by atoms with Crippen LogP contribution in [0.15, 0.2) is 24.3 Å². The summed E-state index contributed by atoms with van der Waals surface area (Å²) in [6.45, 7) is 19.2. The number of tetrazole rings is 1. The zero-order valence-corrected chi connectivity index (χ0v) is 18.4. The minimum Gasteiger partial charge on any atom is -0.452 e. The van der Waals surface area contributed by atoms with Gasteiger partial charge in [-0.15, -0.1) is 35.9 Å². The predicted octanol–water partition coefficient (Wildman–Crippen LogP) is 3.80. The maximum absolute atomic E-state index is 4.31. The Morgan fingerprint density at radius 3 is 2.04 bits per heavy atom. The van der Waals surface area contributed by atoms with E-state index >= 15 is 0 Å². The molecule has 0 aliphatic heterocycles. The fraction of sp³-hybridized carbons (Fsp3) is 0.579. The van der Waals surface area contributed by atoms with Gasteiger partial charge in [0.1, 0.15) is 5.82 Å². The van der Waals surface area contributed by atoms with E-state index in [4.69, 9.17) is 0 Å². The van der Waals surface area contributed by atoms with Gasteiger partial charge in [0, 0.05) is 0 Å². The van der Waals surface area contributed by atoms with Gasteiger partial charge in [0.25, 0.3) is 0 Å². The molecule has 0 amide bonds. The molecule has 0 unspecified atom stereocenters. The molecular weight excluding hydrogens is 323 g/mol. The summed E-state index contributed by atoms with van der Waals surface area (Å²) < 4.78 is 0. The number of hydrogen-bond donors (Lipinski definition) is 0. The van der Waals surface area contributed by atoms with Crippen molar-refractivity contribution in [1.82, 2.24) is 25.1 Å². The van der Waals surface area contributed by atoms with Crippen LogP contribution >= 0.6 is 0 Å². The average molecular weight is 354 g/mol. The van der Waals surface area contributed by atoms with Crippen LogP contribution in [0.1, 0.15) is 55.4 Å². The molecule has 134 valence electrons. The monoisotopic (exact) mass is 353 g/mol. The van der Waals surface area contributed by atoms with E-state index in [0.29, 0.717) is 17.9 Å². The molecular formula is C19H31MgN5. The van der Waals surface area contributed by atoms with Crippen molar-refractivity contribution in [3.05, 3.63) is 36.9 Å². The Bertz CT molecular complexity index is 579. The number of hydrogen-bond acceptors (Lipinski definition) is 4. The van der Waals surface area contributed by atoms with Crippen LogP contribution in [0.2, 0.25) is 0 Å². The Labute approximate surface area is 169 Å². The third-order valence-corrected chi connectivity index (χ3v) is 3.45. The fourth-order valence-electron chi connectivity index (χ4n) is 2.33. The Morgan fingerprint density at radius 1 is 1.12 bits per heavy atom. The fourth-order valence-corrected chi connectivity index (χ4v) is 2.33. The number of benzene rings is 1. The second-order valence-electron chi connectivity index (χ2n) is 7.24. The average Bonchev–Trinajstić information content (AvgIpc) is 2.98. The second kappa shape index (κ2) is 10.9. The topological polar surface area (TPSA) is 46.8 Å². The Kier molecular flexibility index (Phi) is 10.5. The largest absolute Gasteiger partial charge is 2.00 e. The van der Waals surface area contributed by atoms with Crippen LogP contribution in [-0.4, -0.2) is 60.2 Å². The molecule has 0 aliphatic carbocycles. The van der Waals surface area contributed by atoms with Crippen molar-refractivity contribution in [1.29, 1.82) is 0 Å². The molecule has 2 rings (SSSR count). The van der Waals surface area contributed by atoms with E-state index in [-0.39, 0.29) is 28.6 Å². The smallest absolute Gasteiger partial charge is 0.452 e. The first-order chi connectivity index (χ1) is 11.2. The van der Waals surface area contributed by atoms with Crippen molar-refractivity contribution < 1.29 is 0 Å². The molecule has 0 spiro atoms. The van der Waals surface area contributed by atoms with E-state index in [0.717, 1.165) is 5.56 Å². The van der Waals surface area contributed by atoms with E-state index in [1.165, 1.54) is 0 Å². The van der Waals surface area contributed by atoms with Crippen LogP contribution in [0.5, 0.6) is 0 Å². The third-order valence-electron chi connectivity index (χ3n) is 3.45.